The molecule has 0 saturated carbocycles. The summed E-state index contributed by atoms with van der Waals surface area (Å²) in [6, 6.07) is 21.3. The average molecular weight is 611 g/mol. The van der Waals surface area contributed by atoms with E-state index in [0.29, 0.717) is 6.42 Å². The smallest absolute Gasteiger partial charge is 0.142 e. The van der Waals surface area contributed by atoms with E-state index in [0.717, 1.165) is 77.6 Å². The summed E-state index contributed by atoms with van der Waals surface area (Å²) >= 11 is 7.64. The van der Waals surface area contributed by atoms with Crippen LogP contribution in [-0.4, -0.2) is 42.5 Å². The molecule has 1 saturated heterocycles. The van der Waals surface area contributed by atoms with Gasteiger partial charge < -0.3 is 4.90 Å². The van der Waals surface area contributed by atoms with Gasteiger partial charge in [0.1, 0.15) is 23.3 Å². The highest BCUT2D eigenvalue weighted by atomic mass is 35.5. The van der Waals surface area contributed by atoms with Crippen molar-refractivity contribution in [1.82, 2.24) is 9.80 Å². The molecule has 1 atom stereocenters. The van der Waals surface area contributed by atoms with E-state index in [4.69, 9.17) is 11.6 Å². The van der Waals surface area contributed by atoms with Crippen LogP contribution >= 0.6 is 23.4 Å². The van der Waals surface area contributed by atoms with Crippen LogP contribution < -0.4 is 0 Å². The summed E-state index contributed by atoms with van der Waals surface area (Å²) in [7, 11) is 0. The van der Waals surface area contributed by atoms with Crippen LogP contribution in [0.4, 0.5) is 17.6 Å². The lowest BCUT2D eigenvalue weighted by Crippen LogP contribution is -2.48. The largest absolute Gasteiger partial charge is 0.301 e. The van der Waals surface area contributed by atoms with E-state index >= 15 is 0 Å². The van der Waals surface area contributed by atoms with Crippen molar-refractivity contribution in [3.63, 3.8) is 0 Å². The zero-order valence-corrected chi connectivity index (χ0v) is 24.6. The second-order valence-electron chi connectivity index (χ2n) is 11.1. The first kappa shape index (κ1) is 29.2. The molecule has 2 nitrogen and oxygen atoms in total. The molecular weight excluding hydrogens is 580 g/mol. The molecule has 42 heavy (non-hydrogen) atoms. The molecule has 0 unspecified atom stereocenters. The molecule has 4 aromatic carbocycles. The van der Waals surface area contributed by atoms with Crippen LogP contribution in [0, 0.1) is 23.3 Å². The van der Waals surface area contributed by atoms with Crippen molar-refractivity contribution in [3.05, 3.63) is 129 Å². The Kier molecular flexibility index (Phi) is 8.91. The van der Waals surface area contributed by atoms with Crippen molar-refractivity contribution in [2.45, 2.75) is 41.0 Å². The van der Waals surface area contributed by atoms with Gasteiger partial charge in [0.25, 0.3) is 0 Å². The Morgan fingerprint density at radius 1 is 0.738 bits per heavy atom. The Bertz CT molecular complexity index is 1490. The standard InChI is InChI=1S/C34H31ClF4N2S/c35-30-20-29-32(18-24-7-12-27(38)19-33(24)42-34(29)21-31(30)39)41-16-14-40(15-17-41)13-1-2-28(22-3-8-25(36)9-4-22)23-5-10-26(37)11-6-23/h3-12,19-21,28,32H,1-2,13-18H2/t32-/m1/s1. The summed E-state index contributed by atoms with van der Waals surface area (Å²) in [5, 5.41) is 0.104. The predicted octanol–water partition coefficient (Wildman–Crippen LogP) is 8.87. The van der Waals surface area contributed by atoms with Gasteiger partial charge in [-0.15, -0.1) is 0 Å². The predicted molar refractivity (Wildman–Crippen MR) is 160 cm³/mol. The van der Waals surface area contributed by atoms with Gasteiger partial charge in [-0.25, -0.2) is 17.6 Å². The zero-order valence-electron chi connectivity index (χ0n) is 23.0. The van der Waals surface area contributed by atoms with Crippen molar-refractivity contribution in [3.8, 4) is 0 Å². The summed E-state index contributed by atoms with van der Waals surface area (Å²) < 4.78 is 55.7. The number of nitrogens with zero attached hydrogens (tertiary/aromatic N) is 2. The minimum atomic E-state index is -0.467. The molecule has 0 bridgehead atoms. The van der Waals surface area contributed by atoms with Crippen LogP contribution in [0.15, 0.2) is 88.7 Å². The molecule has 0 aromatic heterocycles. The van der Waals surface area contributed by atoms with E-state index in [9.17, 15) is 17.6 Å². The molecule has 218 valence electrons. The first-order chi connectivity index (χ1) is 20.3. The van der Waals surface area contributed by atoms with Crippen LogP contribution in [0.5, 0.6) is 0 Å². The summed E-state index contributed by atoms with van der Waals surface area (Å²) in [5.74, 6) is -1.25. The van der Waals surface area contributed by atoms with E-state index < -0.39 is 5.82 Å². The third kappa shape index (κ3) is 6.55. The Balaban J connectivity index is 1.12. The van der Waals surface area contributed by atoms with Gasteiger partial charge in [0.05, 0.1) is 5.02 Å². The number of hydrogen-bond acceptors (Lipinski definition) is 3. The molecule has 0 amide bonds. The highest BCUT2D eigenvalue weighted by molar-refractivity contribution is 7.99. The molecule has 0 N–H and O–H groups in total. The van der Waals surface area contributed by atoms with Gasteiger partial charge in [-0.05, 0) is 96.6 Å². The number of rotatable bonds is 7. The van der Waals surface area contributed by atoms with E-state index in [1.54, 1.807) is 6.07 Å². The van der Waals surface area contributed by atoms with E-state index in [1.807, 2.05) is 30.3 Å². The minimum Gasteiger partial charge on any atom is -0.301 e. The summed E-state index contributed by atoms with van der Waals surface area (Å²) in [5.41, 5.74) is 4.08. The number of hydrogen-bond donors (Lipinski definition) is 0. The molecule has 1 fully saturated rings. The Hall–Kier alpha value is -2.84. The summed E-state index contributed by atoms with van der Waals surface area (Å²) in [6.45, 7) is 4.40. The van der Waals surface area contributed by atoms with E-state index in [-0.39, 0.29) is 34.4 Å². The molecule has 8 heteroatoms. The first-order valence-electron chi connectivity index (χ1n) is 14.3. The zero-order chi connectivity index (χ0) is 29.2. The van der Waals surface area contributed by atoms with Crippen LogP contribution in [0.1, 0.15) is 47.1 Å². The molecule has 4 aromatic rings. The number of benzene rings is 4. The second kappa shape index (κ2) is 12.8. The number of fused-ring (bicyclic) bond motifs is 2. The molecule has 2 aliphatic heterocycles. The van der Waals surface area contributed by atoms with Crippen molar-refractivity contribution >= 4 is 23.4 Å². The Morgan fingerprint density at radius 3 is 2.00 bits per heavy atom. The fourth-order valence-corrected chi connectivity index (χ4v) is 7.52. The monoisotopic (exact) mass is 610 g/mol. The fourth-order valence-electron chi connectivity index (χ4n) is 6.18. The number of piperazine rings is 1. The van der Waals surface area contributed by atoms with Gasteiger partial charge in [0.15, 0.2) is 0 Å². The lowest BCUT2D eigenvalue weighted by Gasteiger charge is -2.40. The molecular formula is C34H31ClF4N2S. The van der Waals surface area contributed by atoms with Gasteiger partial charge in [-0.3, -0.25) is 4.90 Å². The molecule has 6 rings (SSSR count). The average Bonchev–Trinajstić information content (AvgIpc) is 3.13. The SMILES string of the molecule is Fc1ccc(C(CCCN2CCN([C@@H]3Cc4ccc(F)cc4Sc4cc(F)c(Cl)cc43)CC2)c2ccc(F)cc2)cc1. The van der Waals surface area contributed by atoms with Gasteiger partial charge in [0.2, 0.25) is 0 Å². The van der Waals surface area contributed by atoms with Crippen molar-refractivity contribution in [2.75, 3.05) is 32.7 Å². The quantitative estimate of drug-likeness (QED) is 0.193. The molecule has 0 spiro atoms. The first-order valence-corrected chi connectivity index (χ1v) is 15.5. The third-order valence-electron chi connectivity index (χ3n) is 8.43. The van der Waals surface area contributed by atoms with Gasteiger partial charge in [0, 0.05) is 47.9 Å². The molecule has 0 radical (unpaired) electrons. The Labute approximate surface area is 253 Å². The van der Waals surface area contributed by atoms with Crippen molar-refractivity contribution < 1.29 is 17.6 Å². The summed E-state index contributed by atoms with van der Waals surface area (Å²) in [4.78, 5) is 6.48. The maximum absolute atomic E-state index is 14.5. The molecule has 0 aliphatic carbocycles. The van der Waals surface area contributed by atoms with Crippen LogP contribution in [0.2, 0.25) is 5.02 Å². The van der Waals surface area contributed by atoms with Crippen LogP contribution in [0.3, 0.4) is 0 Å². The number of halogens is 5. The van der Waals surface area contributed by atoms with Gasteiger partial charge in [-0.2, -0.15) is 0 Å². The van der Waals surface area contributed by atoms with Gasteiger partial charge in [-0.1, -0.05) is 53.7 Å². The van der Waals surface area contributed by atoms with Crippen LogP contribution in [-0.2, 0) is 6.42 Å². The lowest BCUT2D eigenvalue weighted by molar-refractivity contribution is 0.0931. The topological polar surface area (TPSA) is 6.48 Å². The summed E-state index contributed by atoms with van der Waals surface area (Å²) in [6.07, 6.45) is 2.51. The lowest BCUT2D eigenvalue weighted by atomic mass is 9.87. The molecule has 2 aliphatic rings. The maximum Gasteiger partial charge on any atom is 0.142 e. The maximum atomic E-state index is 14.5. The third-order valence-corrected chi connectivity index (χ3v) is 9.90. The highest BCUT2D eigenvalue weighted by Gasteiger charge is 2.31. The minimum absolute atomic E-state index is 0.0146. The van der Waals surface area contributed by atoms with Crippen molar-refractivity contribution in [2.24, 2.45) is 0 Å². The van der Waals surface area contributed by atoms with E-state index in [1.165, 1.54) is 54.2 Å². The van der Waals surface area contributed by atoms with Crippen molar-refractivity contribution in [1.29, 1.82) is 0 Å². The molecule has 2 heterocycles. The van der Waals surface area contributed by atoms with Gasteiger partial charge >= 0.3 is 0 Å². The Morgan fingerprint density at radius 2 is 1.36 bits per heavy atom. The fraction of sp³-hybridized carbons (Fsp3) is 0.294. The van der Waals surface area contributed by atoms with Crippen LogP contribution in [0.25, 0.3) is 0 Å². The normalized spacial score (nSPS) is 17.6. The van der Waals surface area contributed by atoms with E-state index in [2.05, 4.69) is 9.80 Å². The highest BCUT2D eigenvalue weighted by Crippen LogP contribution is 2.45. The second-order valence-corrected chi connectivity index (χ2v) is 12.5.